The molecule has 10 rings (SSSR count). The highest BCUT2D eigenvalue weighted by Crippen LogP contribution is 2.56. The Morgan fingerprint density at radius 3 is 1.49 bits per heavy atom. The van der Waals surface area contributed by atoms with Crippen LogP contribution in [0.4, 0.5) is 17.1 Å². The second-order valence-electron chi connectivity index (χ2n) is 13.3. The van der Waals surface area contributed by atoms with Gasteiger partial charge in [-0.05, 0) is 81.4 Å². The molecule has 1 aromatic heterocycles. The van der Waals surface area contributed by atoms with Crippen molar-refractivity contribution in [3.05, 3.63) is 222 Å². The number of para-hydroxylation sites is 3. The van der Waals surface area contributed by atoms with Crippen molar-refractivity contribution in [3.8, 4) is 22.3 Å². The molecule has 0 atom stereocenters. The first-order valence-electron chi connectivity index (χ1n) is 17.5. The summed E-state index contributed by atoms with van der Waals surface area (Å²) >= 11 is 1.89. The number of thiophene rings is 1. The molecule has 0 saturated heterocycles. The summed E-state index contributed by atoms with van der Waals surface area (Å²) < 4.78 is 2.60. The number of anilines is 3. The normalized spacial score (nSPS) is 12.9. The summed E-state index contributed by atoms with van der Waals surface area (Å²) in [5.74, 6) is 0. The fourth-order valence-electron chi connectivity index (χ4n) is 8.38. The van der Waals surface area contributed by atoms with Crippen molar-refractivity contribution in [2.24, 2.45) is 0 Å². The van der Waals surface area contributed by atoms with Crippen LogP contribution >= 0.6 is 11.3 Å². The molecular formula is C49H33NS. The molecule has 1 nitrogen and oxygen atoms in total. The standard InChI is InChI=1S/C49H33NS/c1-4-16-35(17-5-1)49(44-25-13-10-23-40(44)41-24-11-14-26-45(41)49)36-29-31-43-42-30-28-34(32-47(42)51-48(43)33-36)39-22-12-15-27-46(39)50(37-18-6-2-7-19-37)38-20-8-3-9-21-38/h1-33H. The Bertz CT molecular complexity index is 2610. The molecule has 9 aromatic rings. The summed E-state index contributed by atoms with van der Waals surface area (Å²) in [5, 5.41) is 2.60. The number of nitrogens with zero attached hydrogens (tertiary/aromatic N) is 1. The quantitative estimate of drug-likeness (QED) is 0.171. The van der Waals surface area contributed by atoms with Gasteiger partial charge in [0.05, 0.1) is 11.1 Å². The van der Waals surface area contributed by atoms with E-state index < -0.39 is 5.41 Å². The van der Waals surface area contributed by atoms with E-state index in [0.29, 0.717) is 0 Å². The van der Waals surface area contributed by atoms with Gasteiger partial charge in [-0.1, -0.05) is 158 Å². The summed E-state index contributed by atoms with van der Waals surface area (Å²) in [4.78, 5) is 2.36. The zero-order valence-electron chi connectivity index (χ0n) is 27.9. The van der Waals surface area contributed by atoms with Crippen LogP contribution in [0, 0.1) is 0 Å². The largest absolute Gasteiger partial charge is 0.310 e. The van der Waals surface area contributed by atoms with Gasteiger partial charge in [-0.15, -0.1) is 11.3 Å². The number of hydrogen-bond acceptors (Lipinski definition) is 2. The van der Waals surface area contributed by atoms with E-state index in [1.165, 1.54) is 64.7 Å². The Labute approximate surface area is 302 Å². The van der Waals surface area contributed by atoms with Crippen molar-refractivity contribution in [2.75, 3.05) is 4.90 Å². The lowest BCUT2D eigenvalue weighted by molar-refractivity contribution is 0.770. The Morgan fingerprint density at radius 2 is 0.863 bits per heavy atom. The monoisotopic (exact) mass is 667 g/mol. The van der Waals surface area contributed by atoms with Crippen LogP contribution in [0.2, 0.25) is 0 Å². The van der Waals surface area contributed by atoms with E-state index in [9.17, 15) is 0 Å². The Morgan fingerprint density at radius 1 is 0.373 bits per heavy atom. The fraction of sp³-hybridized carbons (Fsp3) is 0.0204. The summed E-state index contributed by atoms with van der Waals surface area (Å²) in [7, 11) is 0. The van der Waals surface area contributed by atoms with Crippen molar-refractivity contribution < 1.29 is 0 Å². The van der Waals surface area contributed by atoms with E-state index >= 15 is 0 Å². The Balaban J connectivity index is 1.15. The van der Waals surface area contributed by atoms with Crippen LogP contribution in [0.1, 0.15) is 22.3 Å². The highest BCUT2D eigenvalue weighted by Gasteiger charge is 2.45. The molecule has 0 saturated carbocycles. The van der Waals surface area contributed by atoms with Crippen LogP contribution < -0.4 is 4.90 Å². The molecule has 0 unspecified atom stereocenters. The molecule has 1 heterocycles. The minimum Gasteiger partial charge on any atom is -0.310 e. The van der Waals surface area contributed by atoms with E-state index in [4.69, 9.17) is 0 Å². The predicted molar refractivity (Wildman–Crippen MR) is 217 cm³/mol. The summed E-state index contributed by atoms with van der Waals surface area (Å²) in [6, 6.07) is 73.3. The Hall–Kier alpha value is -6.22. The summed E-state index contributed by atoms with van der Waals surface area (Å²) in [6.45, 7) is 0. The highest BCUT2D eigenvalue weighted by molar-refractivity contribution is 7.25. The molecule has 8 aromatic carbocycles. The maximum Gasteiger partial charge on any atom is 0.0714 e. The van der Waals surface area contributed by atoms with E-state index in [2.05, 4.69) is 205 Å². The molecule has 0 N–H and O–H groups in total. The second-order valence-corrected chi connectivity index (χ2v) is 14.3. The van der Waals surface area contributed by atoms with E-state index in [1.54, 1.807) is 0 Å². The molecule has 2 heteroatoms. The molecular weight excluding hydrogens is 635 g/mol. The van der Waals surface area contributed by atoms with Crippen molar-refractivity contribution in [2.45, 2.75) is 5.41 Å². The van der Waals surface area contributed by atoms with Crippen molar-refractivity contribution in [3.63, 3.8) is 0 Å². The molecule has 0 spiro atoms. The van der Waals surface area contributed by atoms with Gasteiger partial charge in [0.2, 0.25) is 0 Å². The third-order valence-electron chi connectivity index (χ3n) is 10.6. The second kappa shape index (κ2) is 12.0. The van der Waals surface area contributed by atoms with Gasteiger partial charge in [0.25, 0.3) is 0 Å². The average Bonchev–Trinajstić information content (AvgIpc) is 3.72. The van der Waals surface area contributed by atoms with Crippen LogP contribution in [0.5, 0.6) is 0 Å². The smallest absolute Gasteiger partial charge is 0.0714 e. The topological polar surface area (TPSA) is 3.24 Å². The van der Waals surface area contributed by atoms with Crippen molar-refractivity contribution >= 4 is 48.6 Å². The minimum atomic E-state index is -0.402. The Kier molecular flexibility index (Phi) is 6.97. The molecule has 0 radical (unpaired) electrons. The first kappa shape index (κ1) is 29.7. The van der Waals surface area contributed by atoms with Crippen LogP contribution in [-0.2, 0) is 5.41 Å². The first-order valence-corrected chi connectivity index (χ1v) is 18.3. The van der Waals surface area contributed by atoms with Gasteiger partial charge in [-0.25, -0.2) is 0 Å². The summed E-state index contributed by atoms with van der Waals surface area (Å²) in [6.07, 6.45) is 0. The first-order chi connectivity index (χ1) is 25.3. The third kappa shape index (κ3) is 4.61. The molecule has 0 bridgehead atoms. The van der Waals surface area contributed by atoms with Crippen LogP contribution in [0.25, 0.3) is 42.4 Å². The number of hydrogen-bond donors (Lipinski definition) is 0. The molecule has 1 aliphatic carbocycles. The lowest BCUT2D eigenvalue weighted by atomic mass is 9.67. The predicted octanol–water partition coefficient (Wildman–Crippen LogP) is 13.6. The summed E-state index contributed by atoms with van der Waals surface area (Å²) in [5.41, 5.74) is 13.4. The molecule has 0 fully saturated rings. The number of benzene rings is 8. The highest BCUT2D eigenvalue weighted by atomic mass is 32.1. The fourth-order valence-corrected chi connectivity index (χ4v) is 9.57. The lowest BCUT2D eigenvalue weighted by Gasteiger charge is -2.33. The molecule has 240 valence electrons. The van der Waals surface area contributed by atoms with Gasteiger partial charge in [0, 0.05) is 37.1 Å². The molecule has 0 aliphatic heterocycles. The number of rotatable bonds is 6. The maximum absolute atomic E-state index is 2.46. The van der Waals surface area contributed by atoms with Crippen LogP contribution in [0.15, 0.2) is 200 Å². The third-order valence-corrected chi connectivity index (χ3v) is 11.7. The van der Waals surface area contributed by atoms with Gasteiger partial charge < -0.3 is 4.90 Å². The average molecular weight is 668 g/mol. The minimum absolute atomic E-state index is 0.402. The van der Waals surface area contributed by atoms with E-state index in [-0.39, 0.29) is 0 Å². The van der Waals surface area contributed by atoms with Gasteiger partial charge in [0.15, 0.2) is 0 Å². The van der Waals surface area contributed by atoms with Crippen molar-refractivity contribution in [1.82, 2.24) is 0 Å². The van der Waals surface area contributed by atoms with Gasteiger partial charge >= 0.3 is 0 Å². The van der Waals surface area contributed by atoms with Crippen molar-refractivity contribution in [1.29, 1.82) is 0 Å². The van der Waals surface area contributed by atoms with Gasteiger partial charge in [0.1, 0.15) is 0 Å². The maximum atomic E-state index is 2.46. The van der Waals surface area contributed by atoms with Crippen LogP contribution in [-0.4, -0.2) is 0 Å². The zero-order chi connectivity index (χ0) is 33.8. The lowest BCUT2D eigenvalue weighted by Crippen LogP contribution is -2.28. The number of fused-ring (bicyclic) bond motifs is 6. The molecule has 51 heavy (non-hydrogen) atoms. The van der Waals surface area contributed by atoms with E-state index in [0.717, 1.165) is 17.1 Å². The van der Waals surface area contributed by atoms with Gasteiger partial charge in [-0.3, -0.25) is 0 Å². The van der Waals surface area contributed by atoms with Crippen LogP contribution in [0.3, 0.4) is 0 Å². The molecule has 1 aliphatic rings. The molecule has 0 amide bonds. The van der Waals surface area contributed by atoms with Gasteiger partial charge in [-0.2, -0.15) is 0 Å². The SMILES string of the molecule is c1ccc(N(c2ccccc2)c2ccccc2-c2ccc3c(c2)sc2cc(C4(c5ccccc5)c5ccccc5-c5ccccc54)ccc23)cc1. The zero-order valence-corrected chi connectivity index (χ0v) is 28.7. The van der Waals surface area contributed by atoms with E-state index in [1.807, 2.05) is 11.3 Å².